The van der Waals surface area contributed by atoms with Gasteiger partial charge in [-0.3, -0.25) is 4.98 Å². The van der Waals surface area contributed by atoms with Crippen LogP contribution in [0.15, 0.2) is 72.9 Å². The highest BCUT2D eigenvalue weighted by atomic mass is 32.2. The average molecular weight is 309 g/mol. The summed E-state index contributed by atoms with van der Waals surface area (Å²) in [7, 11) is -2.40. The van der Waals surface area contributed by atoms with E-state index in [1.54, 1.807) is 6.20 Å². The number of rotatable bonds is 4. The standard InChI is InChI=1S/C18H15NO2S/c20-22(21)13-14-8-10-15(11-9-14)17-7-4-12-19-18(17)16-5-2-1-3-6-16/h1-12,22H,13H2. The minimum absolute atomic E-state index is 0.0776. The minimum atomic E-state index is -2.40. The Balaban J connectivity index is 2.02. The highest BCUT2D eigenvalue weighted by Crippen LogP contribution is 2.30. The van der Waals surface area contributed by atoms with Crippen LogP contribution in [0.5, 0.6) is 0 Å². The van der Waals surface area contributed by atoms with Gasteiger partial charge in [-0.1, -0.05) is 60.7 Å². The summed E-state index contributed by atoms with van der Waals surface area (Å²) in [5, 5.41) is 0. The van der Waals surface area contributed by atoms with Gasteiger partial charge in [-0.05, 0) is 17.2 Å². The molecule has 0 radical (unpaired) electrons. The molecule has 0 unspecified atom stereocenters. The van der Waals surface area contributed by atoms with Crippen molar-refractivity contribution in [2.45, 2.75) is 5.75 Å². The van der Waals surface area contributed by atoms with Crippen molar-refractivity contribution in [1.82, 2.24) is 4.98 Å². The van der Waals surface area contributed by atoms with Gasteiger partial charge < -0.3 is 0 Å². The molecule has 0 atom stereocenters. The van der Waals surface area contributed by atoms with Crippen LogP contribution in [0.25, 0.3) is 22.4 Å². The first kappa shape index (κ1) is 14.5. The van der Waals surface area contributed by atoms with Crippen LogP contribution in [0.2, 0.25) is 0 Å². The third-order valence-electron chi connectivity index (χ3n) is 3.43. The Bertz CT molecular complexity index is 832. The summed E-state index contributed by atoms with van der Waals surface area (Å²) in [5.74, 6) is 0.0776. The molecule has 3 aromatic rings. The van der Waals surface area contributed by atoms with E-state index < -0.39 is 10.7 Å². The van der Waals surface area contributed by atoms with Gasteiger partial charge in [0.2, 0.25) is 0 Å². The van der Waals surface area contributed by atoms with Crippen molar-refractivity contribution in [3.63, 3.8) is 0 Å². The fraction of sp³-hybridized carbons (Fsp3) is 0.0556. The molecule has 22 heavy (non-hydrogen) atoms. The third-order valence-corrected chi connectivity index (χ3v) is 4.05. The number of thiol groups is 1. The van der Waals surface area contributed by atoms with Gasteiger partial charge in [-0.2, -0.15) is 0 Å². The second-order valence-electron chi connectivity index (χ2n) is 4.95. The van der Waals surface area contributed by atoms with Crippen molar-refractivity contribution < 1.29 is 8.42 Å². The molecule has 2 aromatic carbocycles. The van der Waals surface area contributed by atoms with Gasteiger partial charge in [-0.25, -0.2) is 8.42 Å². The number of hydrogen-bond donors (Lipinski definition) is 1. The van der Waals surface area contributed by atoms with Crippen molar-refractivity contribution in [2.24, 2.45) is 0 Å². The fourth-order valence-electron chi connectivity index (χ4n) is 2.40. The Kier molecular flexibility index (Phi) is 4.30. The number of hydrogen-bond acceptors (Lipinski definition) is 3. The summed E-state index contributed by atoms with van der Waals surface area (Å²) in [5.41, 5.74) is 4.84. The predicted molar refractivity (Wildman–Crippen MR) is 89.1 cm³/mol. The normalized spacial score (nSPS) is 10.8. The van der Waals surface area contributed by atoms with E-state index in [4.69, 9.17) is 0 Å². The maximum atomic E-state index is 10.8. The Labute approximate surface area is 131 Å². The quantitative estimate of drug-likeness (QED) is 0.750. The smallest absolute Gasteiger partial charge is 0.144 e. The molecule has 0 saturated heterocycles. The van der Waals surface area contributed by atoms with E-state index in [0.29, 0.717) is 0 Å². The van der Waals surface area contributed by atoms with Gasteiger partial charge >= 0.3 is 0 Å². The van der Waals surface area contributed by atoms with Crippen LogP contribution in [0.3, 0.4) is 0 Å². The highest BCUT2D eigenvalue weighted by Gasteiger charge is 2.08. The van der Waals surface area contributed by atoms with Crippen molar-refractivity contribution in [3.8, 4) is 22.4 Å². The number of pyridine rings is 1. The maximum Gasteiger partial charge on any atom is 0.144 e. The molecule has 0 aliphatic heterocycles. The largest absolute Gasteiger partial charge is 0.256 e. The minimum Gasteiger partial charge on any atom is -0.256 e. The summed E-state index contributed by atoms with van der Waals surface area (Å²) in [6.07, 6.45) is 1.78. The molecule has 3 nitrogen and oxygen atoms in total. The molecule has 3 rings (SSSR count). The molecule has 1 heterocycles. The zero-order valence-corrected chi connectivity index (χ0v) is 12.7. The number of benzene rings is 2. The van der Waals surface area contributed by atoms with E-state index in [-0.39, 0.29) is 5.75 Å². The molecule has 0 amide bonds. The summed E-state index contributed by atoms with van der Waals surface area (Å²) in [6, 6.07) is 21.5. The lowest BCUT2D eigenvalue weighted by molar-refractivity contribution is 0.614. The van der Waals surface area contributed by atoms with Crippen molar-refractivity contribution in [2.75, 3.05) is 0 Å². The average Bonchev–Trinajstić information content (AvgIpc) is 2.56. The first-order valence-corrected chi connectivity index (χ1v) is 8.32. The van der Waals surface area contributed by atoms with Crippen LogP contribution in [0.4, 0.5) is 0 Å². The number of aromatic nitrogens is 1. The molecular formula is C18H15NO2S. The van der Waals surface area contributed by atoms with Crippen molar-refractivity contribution in [1.29, 1.82) is 0 Å². The van der Waals surface area contributed by atoms with Crippen LogP contribution < -0.4 is 0 Å². The van der Waals surface area contributed by atoms with E-state index in [1.807, 2.05) is 66.7 Å². The van der Waals surface area contributed by atoms with Crippen molar-refractivity contribution >= 4 is 10.7 Å². The molecular weight excluding hydrogens is 294 g/mol. The monoisotopic (exact) mass is 309 g/mol. The zero-order valence-electron chi connectivity index (χ0n) is 11.8. The number of nitrogens with zero attached hydrogens (tertiary/aromatic N) is 1. The summed E-state index contributed by atoms with van der Waals surface area (Å²) >= 11 is 0. The van der Waals surface area contributed by atoms with E-state index in [1.165, 1.54) is 0 Å². The molecule has 0 aliphatic rings. The van der Waals surface area contributed by atoms with Crippen LogP contribution in [0.1, 0.15) is 5.56 Å². The molecule has 0 fully saturated rings. The lowest BCUT2D eigenvalue weighted by Gasteiger charge is -2.09. The highest BCUT2D eigenvalue weighted by molar-refractivity contribution is 7.71. The SMILES string of the molecule is O=[SH](=O)Cc1ccc(-c2cccnc2-c2ccccc2)cc1. The second kappa shape index (κ2) is 6.54. The molecule has 0 aliphatic carbocycles. The van der Waals surface area contributed by atoms with Crippen molar-refractivity contribution in [3.05, 3.63) is 78.5 Å². The van der Waals surface area contributed by atoms with E-state index >= 15 is 0 Å². The van der Waals surface area contributed by atoms with Gasteiger partial charge in [0.15, 0.2) is 0 Å². The van der Waals surface area contributed by atoms with Crippen LogP contribution in [0, 0.1) is 0 Å². The summed E-state index contributed by atoms with van der Waals surface area (Å²) in [4.78, 5) is 4.50. The lowest BCUT2D eigenvalue weighted by Crippen LogP contribution is -1.90. The molecule has 1 aromatic heterocycles. The third kappa shape index (κ3) is 3.23. The van der Waals surface area contributed by atoms with Crippen LogP contribution >= 0.6 is 0 Å². The first-order chi connectivity index (χ1) is 10.7. The van der Waals surface area contributed by atoms with Crippen LogP contribution in [-0.4, -0.2) is 13.4 Å². The van der Waals surface area contributed by atoms with Gasteiger partial charge in [0.05, 0.1) is 11.4 Å². The maximum absolute atomic E-state index is 10.8. The molecule has 0 spiro atoms. The van der Waals surface area contributed by atoms with E-state index in [2.05, 4.69) is 4.98 Å². The Morgan fingerprint density at radius 1 is 0.773 bits per heavy atom. The summed E-state index contributed by atoms with van der Waals surface area (Å²) in [6.45, 7) is 0. The zero-order chi connectivity index (χ0) is 15.4. The predicted octanol–water partition coefficient (Wildman–Crippen LogP) is 3.53. The van der Waals surface area contributed by atoms with Crippen LogP contribution in [-0.2, 0) is 16.5 Å². The summed E-state index contributed by atoms with van der Waals surface area (Å²) < 4.78 is 21.6. The molecule has 110 valence electrons. The molecule has 0 saturated carbocycles. The molecule has 0 bridgehead atoms. The van der Waals surface area contributed by atoms with E-state index in [0.717, 1.165) is 27.9 Å². The fourth-order valence-corrected chi connectivity index (χ4v) is 2.91. The first-order valence-electron chi connectivity index (χ1n) is 6.95. The van der Waals surface area contributed by atoms with E-state index in [9.17, 15) is 8.42 Å². The Morgan fingerprint density at radius 2 is 1.50 bits per heavy atom. The molecule has 0 N–H and O–H groups in total. The van der Waals surface area contributed by atoms with Gasteiger partial charge in [0.1, 0.15) is 10.7 Å². The Morgan fingerprint density at radius 3 is 2.18 bits per heavy atom. The topological polar surface area (TPSA) is 47.0 Å². The van der Waals surface area contributed by atoms with Gasteiger partial charge in [0, 0.05) is 17.3 Å². The van der Waals surface area contributed by atoms with Gasteiger partial charge in [0.25, 0.3) is 0 Å². The Hall–Kier alpha value is -2.46. The molecule has 4 heteroatoms. The van der Waals surface area contributed by atoms with Gasteiger partial charge in [-0.15, -0.1) is 0 Å². The lowest BCUT2D eigenvalue weighted by atomic mass is 9.99. The second-order valence-corrected chi connectivity index (χ2v) is 5.94.